The summed E-state index contributed by atoms with van der Waals surface area (Å²) < 4.78 is 17.2. The number of halogens is 1. The first-order valence-corrected chi connectivity index (χ1v) is 9.84. The summed E-state index contributed by atoms with van der Waals surface area (Å²) >= 11 is 1.58. The molecule has 2 aromatic carbocycles. The predicted octanol–water partition coefficient (Wildman–Crippen LogP) is 4.81. The molecule has 0 aliphatic carbocycles. The van der Waals surface area contributed by atoms with Gasteiger partial charge in [0.25, 0.3) is 0 Å². The second-order valence-corrected chi connectivity index (χ2v) is 7.48. The van der Waals surface area contributed by atoms with Crippen molar-refractivity contribution >= 4 is 28.3 Å². The molecule has 28 heavy (non-hydrogen) atoms. The fourth-order valence-electron chi connectivity index (χ4n) is 3.31. The Balaban J connectivity index is 1.45. The Kier molecular flexibility index (Phi) is 4.09. The van der Waals surface area contributed by atoms with Gasteiger partial charge in [0.2, 0.25) is 0 Å². The lowest BCUT2D eigenvalue weighted by molar-refractivity contribution is 0.625. The highest BCUT2D eigenvalue weighted by Gasteiger charge is 2.12. The Hall–Kier alpha value is -3.19. The SMILES string of the molecule is Cc1cc2nnc(SCc3ccn(-c4cccc(F)c4)n3)n2c2ccccc12. The molecule has 0 amide bonds. The third-order valence-corrected chi connectivity index (χ3v) is 5.60. The third-order valence-electron chi connectivity index (χ3n) is 4.64. The number of aromatic nitrogens is 5. The highest BCUT2D eigenvalue weighted by Crippen LogP contribution is 2.27. The Morgan fingerprint density at radius 1 is 1.00 bits per heavy atom. The van der Waals surface area contributed by atoms with Crippen LogP contribution >= 0.6 is 11.8 Å². The van der Waals surface area contributed by atoms with Crippen molar-refractivity contribution in [3.63, 3.8) is 0 Å². The topological polar surface area (TPSA) is 48.0 Å². The minimum Gasteiger partial charge on any atom is -0.270 e. The van der Waals surface area contributed by atoms with Gasteiger partial charge in [-0.1, -0.05) is 36.0 Å². The van der Waals surface area contributed by atoms with Gasteiger partial charge in [-0.3, -0.25) is 4.40 Å². The van der Waals surface area contributed by atoms with Gasteiger partial charge in [-0.05, 0) is 48.9 Å². The number of rotatable bonds is 4. The zero-order valence-corrected chi connectivity index (χ0v) is 15.9. The molecule has 0 atom stereocenters. The number of para-hydroxylation sites is 1. The monoisotopic (exact) mass is 389 g/mol. The number of hydrogen-bond acceptors (Lipinski definition) is 4. The van der Waals surface area contributed by atoms with E-state index in [1.807, 2.05) is 30.5 Å². The van der Waals surface area contributed by atoms with Crippen molar-refractivity contribution < 1.29 is 4.39 Å². The van der Waals surface area contributed by atoms with Crippen LogP contribution in [0.2, 0.25) is 0 Å². The van der Waals surface area contributed by atoms with E-state index in [-0.39, 0.29) is 5.82 Å². The van der Waals surface area contributed by atoms with E-state index in [0.717, 1.165) is 22.0 Å². The molecule has 5 nitrogen and oxygen atoms in total. The third kappa shape index (κ3) is 2.93. The van der Waals surface area contributed by atoms with E-state index in [2.05, 4.69) is 44.8 Å². The minimum atomic E-state index is -0.277. The molecule has 0 N–H and O–H groups in total. The van der Waals surface area contributed by atoms with Crippen LogP contribution in [0.5, 0.6) is 0 Å². The summed E-state index contributed by atoms with van der Waals surface area (Å²) in [5.41, 5.74) is 4.70. The van der Waals surface area contributed by atoms with Gasteiger partial charge < -0.3 is 0 Å². The second-order valence-electron chi connectivity index (χ2n) is 6.54. The fraction of sp³-hybridized carbons (Fsp3) is 0.0952. The largest absolute Gasteiger partial charge is 0.270 e. The first kappa shape index (κ1) is 16.9. The summed E-state index contributed by atoms with van der Waals surface area (Å²) in [7, 11) is 0. The molecule has 0 aliphatic rings. The molecular weight excluding hydrogens is 373 g/mol. The van der Waals surface area contributed by atoms with Gasteiger partial charge in [-0.2, -0.15) is 5.10 Å². The summed E-state index contributed by atoms with van der Waals surface area (Å²) in [4.78, 5) is 0. The van der Waals surface area contributed by atoms with Crippen molar-refractivity contribution in [1.82, 2.24) is 24.4 Å². The summed E-state index contributed by atoms with van der Waals surface area (Å²) in [5.74, 6) is 0.367. The van der Waals surface area contributed by atoms with Gasteiger partial charge in [0.15, 0.2) is 10.8 Å². The maximum atomic E-state index is 13.4. The Morgan fingerprint density at radius 3 is 2.79 bits per heavy atom. The Bertz CT molecular complexity index is 1310. The highest BCUT2D eigenvalue weighted by molar-refractivity contribution is 7.98. The number of pyridine rings is 1. The van der Waals surface area contributed by atoms with E-state index in [9.17, 15) is 4.39 Å². The van der Waals surface area contributed by atoms with Crippen molar-refractivity contribution in [3.05, 3.63) is 83.9 Å². The van der Waals surface area contributed by atoms with Gasteiger partial charge in [-0.25, -0.2) is 9.07 Å². The average Bonchev–Trinajstić information content (AvgIpc) is 3.34. The molecule has 5 rings (SSSR count). The molecule has 3 aromatic heterocycles. The van der Waals surface area contributed by atoms with E-state index in [1.165, 1.54) is 23.1 Å². The summed E-state index contributed by atoms with van der Waals surface area (Å²) in [5, 5.41) is 15.3. The molecule has 0 aliphatic heterocycles. The number of hydrogen-bond donors (Lipinski definition) is 0. The fourth-order valence-corrected chi connectivity index (χ4v) is 4.16. The number of thioether (sulfide) groups is 1. The molecule has 0 unspecified atom stereocenters. The average molecular weight is 389 g/mol. The molecule has 0 saturated heterocycles. The predicted molar refractivity (Wildman–Crippen MR) is 108 cm³/mol. The molecule has 0 saturated carbocycles. The van der Waals surface area contributed by atoms with E-state index in [1.54, 1.807) is 22.5 Å². The molecule has 0 fully saturated rings. The van der Waals surface area contributed by atoms with E-state index >= 15 is 0 Å². The molecule has 5 aromatic rings. The van der Waals surface area contributed by atoms with Crippen LogP contribution in [0.3, 0.4) is 0 Å². The van der Waals surface area contributed by atoms with Crippen molar-refractivity contribution in [3.8, 4) is 5.69 Å². The normalized spacial score (nSPS) is 11.5. The number of nitrogens with zero attached hydrogens (tertiary/aromatic N) is 5. The van der Waals surface area contributed by atoms with Crippen LogP contribution < -0.4 is 0 Å². The minimum absolute atomic E-state index is 0.277. The molecular formula is C21H16FN5S. The van der Waals surface area contributed by atoms with Crippen molar-refractivity contribution in [2.45, 2.75) is 17.8 Å². The van der Waals surface area contributed by atoms with Gasteiger partial charge >= 0.3 is 0 Å². The van der Waals surface area contributed by atoms with Crippen LogP contribution in [0.1, 0.15) is 11.3 Å². The molecule has 0 bridgehead atoms. The highest BCUT2D eigenvalue weighted by atomic mass is 32.2. The van der Waals surface area contributed by atoms with E-state index in [4.69, 9.17) is 0 Å². The molecule has 3 heterocycles. The van der Waals surface area contributed by atoms with Crippen LogP contribution in [0.25, 0.3) is 22.2 Å². The van der Waals surface area contributed by atoms with E-state index in [0.29, 0.717) is 11.4 Å². The van der Waals surface area contributed by atoms with Crippen LogP contribution in [0.15, 0.2) is 72.0 Å². The maximum absolute atomic E-state index is 13.4. The van der Waals surface area contributed by atoms with Crippen LogP contribution in [0.4, 0.5) is 4.39 Å². The van der Waals surface area contributed by atoms with Crippen LogP contribution in [-0.4, -0.2) is 24.4 Å². The van der Waals surface area contributed by atoms with Crippen LogP contribution in [-0.2, 0) is 5.75 Å². The van der Waals surface area contributed by atoms with Gasteiger partial charge in [0.1, 0.15) is 5.82 Å². The number of fused-ring (bicyclic) bond motifs is 3. The lowest BCUT2D eigenvalue weighted by Gasteiger charge is -2.06. The summed E-state index contributed by atoms with van der Waals surface area (Å²) in [6.45, 7) is 2.09. The van der Waals surface area contributed by atoms with Gasteiger partial charge in [0, 0.05) is 17.3 Å². The quantitative estimate of drug-likeness (QED) is 0.414. The Labute approximate surface area is 164 Å². The molecule has 7 heteroatoms. The standard InChI is InChI=1S/C21H16FN5S/c1-14-11-20-23-24-21(27(20)19-8-3-2-7-18(14)19)28-13-16-9-10-26(25-16)17-6-4-5-15(22)12-17/h2-12H,13H2,1H3. The zero-order chi connectivity index (χ0) is 19.1. The summed E-state index contributed by atoms with van der Waals surface area (Å²) in [6.07, 6.45) is 1.84. The lowest BCUT2D eigenvalue weighted by Crippen LogP contribution is -1.97. The van der Waals surface area contributed by atoms with E-state index < -0.39 is 0 Å². The first-order valence-electron chi connectivity index (χ1n) is 8.86. The number of benzene rings is 2. The molecule has 0 radical (unpaired) electrons. The van der Waals surface area contributed by atoms with Crippen molar-refractivity contribution in [2.24, 2.45) is 0 Å². The Morgan fingerprint density at radius 2 is 1.89 bits per heavy atom. The smallest absolute Gasteiger partial charge is 0.196 e. The summed E-state index contributed by atoms with van der Waals surface area (Å²) in [6, 6.07) is 18.6. The van der Waals surface area contributed by atoms with Gasteiger partial charge in [0.05, 0.1) is 16.9 Å². The molecule has 0 spiro atoms. The lowest BCUT2D eigenvalue weighted by atomic mass is 10.1. The zero-order valence-electron chi connectivity index (χ0n) is 15.1. The first-order chi connectivity index (χ1) is 13.7. The van der Waals surface area contributed by atoms with Crippen molar-refractivity contribution in [2.75, 3.05) is 0 Å². The van der Waals surface area contributed by atoms with Crippen LogP contribution in [0, 0.1) is 12.7 Å². The van der Waals surface area contributed by atoms with Crippen molar-refractivity contribution in [1.29, 1.82) is 0 Å². The molecule has 138 valence electrons. The second kappa shape index (κ2) is 6.76. The maximum Gasteiger partial charge on any atom is 0.196 e. The van der Waals surface area contributed by atoms with Gasteiger partial charge in [-0.15, -0.1) is 10.2 Å². The number of aryl methyl sites for hydroxylation is 1.